The van der Waals surface area contributed by atoms with Gasteiger partial charge in [0.2, 0.25) is 0 Å². The smallest absolute Gasteiger partial charge is 0.330 e. The van der Waals surface area contributed by atoms with Crippen molar-refractivity contribution in [1.82, 2.24) is 0 Å². The van der Waals surface area contributed by atoms with Gasteiger partial charge < -0.3 is 9.47 Å². The Hall–Kier alpha value is -2.37. The molecule has 0 aromatic heterocycles. The van der Waals surface area contributed by atoms with Crippen molar-refractivity contribution in [3.63, 3.8) is 0 Å². The first-order chi connectivity index (χ1) is 8.08. The monoisotopic (exact) mass is 237 g/mol. The van der Waals surface area contributed by atoms with Crippen molar-refractivity contribution in [2.75, 3.05) is 14.2 Å². The number of hydrogen-bond acceptors (Lipinski definition) is 5. The van der Waals surface area contributed by atoms with Crippen LogP contribution >= 0.6 is 0 Å². The van der Waals surface area contributed by atoms with E-state index in [-0.39, 0.29) is 5.69 Å². The SMILES string of the molecule is COC(=O)/C=C\c1ccc(OC)cc1[N+](=O)[O-]. The van der Waals surface area contributed by atoms with E-state index in [1.807, 2.05) is 0 Å². The van der Waals surface area contributed by atoms with Gasteiger partial charge in [0.1, 0.15) is 5.75 Å². The number of ether oxygens (including phenoxy) is 2. The number of rotatable bonds is 4. The Balaban J connectivity index is 3.11. The van der Waals surface area contributed by atoms with Gasteiger partial charge in [-0.3, -0.25) is 10.1 Å². The number of benzene rings is 1. The number of nitro groups is 1. The van der Waals surface area contributed by atoms with E-state index in [1.54, 1.807) is 6.07 Å². The molecule has 0 atom stereocenters. The minimum Gasteiger partial charge on any atom is -0.497 e. The zero-order chi connectivity index (χ0) is 12.8. The van der Waals surface area contributed by atoms with Crippen LogP contribution in [0, 0.1) is 10.1 Å². The zero-order valence-corrected chi connectivity index (χ0v) is 9.38. The number of carbonyl (C=O) groups excluding carboxylic acids is 1. The van der Waals surface area contributed by atoms with E-state index < -0.39 is 10.9 Å². The van der Waals surface area contributed by atoms with Gasteiger partial charge in [-0.15, -0.1) is 0 Å². The number of methoxy groups -OCH3 is 2. The Morgan fingerprint density at radius 2 is 2.12 bits per heavy atom. The molecule has 0 radical (unpaired) electrons. The molecule has 1 aromatic carbocycles. The van der Waals surface area contributed by atoms with Crippen molar-refractivity contribution >= 4 is 17.7 Å². The summed E-state index contributed by atoms with van der Waals surface area (Å²) in [4.78, 5) is 21.1. The Labute approximate surface area is 97.6 Å². The number of nitro benzene ring substituents is 1. The van der Waals surface area contributed by atoms with Gasteiger partial charge in [-0.25, -0.2) is 4.79 Å². The predicted molar refractivity (Wildman–Crippen MR) is 60.7 cm³/mol. The lowest BCUT2D eigenvalue weighted by Crippen LogP contribution is -1.96. The van der Waals surface area contributed by atoms with Crippen molar-refractivity contribution in [3.05, 3.63) is 40.0 Å². The second kappa shape index (κ2) is 5.64. The second-order valence-corrected chi connectivity index (χ2v) is 3.04. The summed E-state index contributed by atoms with van der Waals surface area (Å²) in [6.07, 6.45) is 2.44. The molecule has 0 unspecified atom stereocenters. The normalized spacial score (nSPS) is 10.2. The lowest BCUT2D eigenvalue weighted by atomic mass is 10.1. The van der Waals surface area contributed by atoms with Gasteiger partial charge in [0, 0.05) is 6.08 Å². The summed E-state index contributed by atoms with van der Waals surface area (Å²) in [6.45, 7) is 0. The summed E-state index contributed by atoms with van der Waals surface area (Å²) in [5, 5.41) is 10.8. The molecule has 0 amide bonds. The first kappa shape index (κ1) is 12.7. The summed E-state index contributed by atoms with van der Waals surface area (Å²) < 4.78 is 9.28. The Morgan fingerprint density at radius 3 is 2.65 bits per heavy atom. The molecule has 0 bridgehead atoms. The maximum Gasteiger partial charge on any atom is 0.330 e. The number of hydrogen-bond donors (Lipinski definition) is 0. The first-order valence-electron chi connectivity index (χ1n) is 4.67. The Morgan fingerprint density at radius 1 is 1.41 bits per heavy atom. The lowest BCUT2D eigenvalue weighted by Gasteiger charge is -2.01. The van der Waals surface area contributed by atoms with Crippen LogP contribution in [0.3, 0.4) is 0 Å². The summed E-state index contributed by atoms with van der Waals surface area (Å²) in [5.41, 5.74) is 0.172. The van der Waals surface area contributed by atoms with Gasteiger partial charge in [0.05, 0.1) is 30.8 Å². The third-order valence-electron chi connectivity index (χ3n) is 2.03. The molecular weight excluding hydrogens is 226 g/mol. The summed E-state index contributed by atoms with van der Waals surface area (Å²) >= 11 is 0. The van der Waals surface area contributed by atoms with Gasteiger partial charge >= 0.3 is 5.97 Å². The highest BCUT2D eigenvalue weighted by Gasteiger charge is 2.13. The molecule has 0 aliphatic carbocycles. The molecule has 0 heterocycles. The van der Waals surface area contributed by atoms with Gasteiger partial charge in [0.25, 0.3) is 5.69 Å². The van der Waals surface area contributed by atoms with Crippen LogP contribution in [0.15, 0.2) is 24.3 Å². The molecule has 1 aromatic rings. The fourth-order valence-corrected chi connectivity index (χ4v) is 1.18. The van der Waals surface area contributed by atoms with Crippen molar-refractivity contribution < 1.29 is 19.2 Å². The number of esters is 1. The van der Waals surface area contributed by atoms with Crippen LogP contribution in [0.1, 0.15) is 5.56 Å². The molecule has 17 heavy (non-hydrogen) atoms. The average Bonchev–Trinajstić information content (AvgIpc) is 2.35. The van der Waals surface area contributed by atoms with E-state index in [2.05, 4.69) is 4.74 Å². The molecule has 0 saturated carbocycles. The molecule has 0 fully saturated rings. The van der Waals surface area contributed by atoms with Gasteiger partial charge in [-0.2, -0.15) is 0 Å². The lowest BCUT2D eigenvalue weighted by molar-refractivity contribution is -0.385. The predicted octanol–water partition coefficient (Wildman–Crippen LogP) is 1.79. The van der Waals surface area contributed by atoms with E-state index >= 15 is 0 Å². The molecule has 0 spiro atoms. The van der Waals surface area contributed by atoms with Gasteiger partial charge in [0.15, 0.2) is 0 Å². The summed E-state index contributed by atoms with van der Waals surface area (Å²) in [5.74, 6) is -0.193. The van der Waals surface area contributed by atoms with E-state index in [0.29, 0.717) is 11.3 Å². The molecule has 0 saturated heterocycles. The third-order valence-corrected chi connectivity index (χ3v) is 2.03. The second-order valence-electron chi connectivity index (χ2n) is 3.04. The fourth-order valence-electron chi connectivity index (χ4n) is 1.18. The standard InChI is InChI=1S/C11H11NO5/c1-16-9-5-3-8(4-6-11(13)17-2)10(7-9)12(14)15/h3-7H,1-2H3/b6-4-. The van der Waals surface area contributed by atoms with E-state index in [9.17, 15) is 14.9 Å². The molecule has 0 aliphatic heterocycles. The quantitative estimate of drug-likeness (QED) is 0.345. The van der Waals surface area contributed by atoms with Crippen LogP contribution in [0.25, 0.3) is 6.08 Å². The van der Waals surface area contributed by atoms with Crippen LogP contribution in [0.4, 0.5) is 5.69 Å². The minimum absolute atomic E-state index is 0.135. The fraction of sp³-hybridized carbons (Fsp3) is 0.182. The Bertz CT molecular complexity index is 467. The van der Waals surface area contributed by atoms with Crippen LogP contribution in [-0.2, 0) is 9.53 Å². The van der Waals surface area contributed by atoms with Crippen LogP contribution < -0.4 is 4.74 Å². The Kier molecular flexibility index (Phi) is 4.21. The van der Waals surface area contributed by atoms with Crippen molar-refractivity contribution in [1.29, 1.82) is 0 Å². The third kappa shape index (κ3) is 3.30. The number of nitrogens with zero attached hydrogens (tertiary/aromatic N) is 1. The highest BCUT2D eigenvalue weighted by molar-refractivity contribution is 5.87. The minimum atomic E-state index is -0.574. The molecule has 90 valence electrons. The molecule has 6 heteroatoms. The zero-order valence-electron chi connectivity index (χ0n) is 9.38. The van der Waals surface area contributed by atoms with Crippen molar-refractivity contribution in [3.8, 4) is 5.75 Å². The largest absolute Gasteiger partial charge is 0.497 e. The highest BCUT2D eigenvalue weighted by atomic mass is 16.6. The van der Waals surface area contributed by atoms with E-state index in [4.69, 9.17) is 4.74 Å². The topological polar surface area (TPSA) is 78.7 Å². The van der Waals surface area contributed by atoms with Crippen molar-refractivity contribution in [2.45, 2.75) is 0 Å². The molecule has 0 aliphatic rings. The summed E-state index contributed by atoms with van der Waals surface area (Å²) in [7, 11) is 2.65. The number of carbonyl (C=O) groups is 1. The van der Waals surface area contributed by atoms with E-state index in [1.165, 1.54) is 32.4 Å². The van der Waals surface area contributed by atoms with E-state index in [0.717, 1.165) is 6.08 Å². The van der Waals surface area contributed by atoms with Crippen LogP contribution in [0.5, 0.6) is 5.75 Å². The maximum atomic E-state index is 10.9. The maximum absolute atomic E-state index is 10.9. The first-order valence-corrected chi connectivity index (χ1v) is 4.67. The van der Waals surface area contributed by atoms with Crippen LogP contribution in [0.2, 0.25) is 0 Å². The molecular formula is C11H11NO5. The van der Waals surface area contributed by atoms with Crippen molar-refractivity contribution in [2.24, 2.45) is 0 Å². The average molecular weight is 237 g/mol. The van der Waals surface area contributed by atoms with Gasteiger partial charge in [-0.05, 0) is 18.2 Å². The van der Waals surface area contributed by atoms with Gasteiger partial charge in [-0.1, -0.05) is 0 Å². The molecule has 0 N–H and O–H groups in total. The highest BCUT2D eigenvalue weighted by Crippen LogP contribution is 2.25. The molecule has 1 rings (SSSR count). The molecule has 6 nitrogen and oxygen atoms in total. The van der Waals surface area contributed by atoms with Crippen LogP contribution in [-0.4, -0.2) is 25.1 Å². The summed E-state index contributed by atoms with van der Waals surface area (Å²) in [6, 6.07) is 4.36.